The Kier molecular flexibility index (Phi) is 5.37. The number of likely N-dealkylation sites (N-methyl/N-ethyl adjacent to an activating group) is 1. The number of aromatic nitrogens is 2. The van der Waals surface area contributed by atoms with Gasteiger partial charge in [0.05, 0.1) is 0 Å². The summed E-state index contributed by atoms with van der Waals surface area (Å²) in [6, 6.07) is 6.75. The lowest BCUT2D eigenvalue weighted by atomic mass is 10.1. The van der Waals surface area contributed by atoms with Gasteiger partial charge in [0.25, 0.3) is 0 Å². The number of piperazine rings is 1. The van der Waals surface area contributed by atoms with E-state index in [1.54, 1.807) is 24.5 Å². The lowest BCUT2D eigenvalue weighted by Crippen LogP contribution is -2.48. The van der Waals surface area contributed by atoms with Crippen LogP contribution in [0.1, 0.15) is 0 Å². The van der Waals surface area contributed by atoms with Crippen molar-refractivity contribution in [1.82, 2.24) is 19.8 Å². The molecule has 0 radical (unpaired) electrons. The molecular formula is C18H24FN5. The third-order valence-corrected chi connectivity index (χ3v) is 4.34. The van der Waals surface area contributed by atoms with E-state index < -0.39 is 0 Å². The van der Waals surface area contributed by atoms with E-state index >= 15 is 0 Å². The summed E-state index contributed by atoms with van der Waals surface area (Å²) >= 11 is 0. The highest BCUT2D eigenvalue weighted by Gasteiger charge is 2.22. The van der Waals surface area contributed by atoms with Gasteiger partial charge in [-0.05, 0) is 26.2 Å². The Morgan fingerprint density at radius 3 is 2.46 bits per heavy atom. The summed E-state index contributed by atoms with van der Waals surface area (Å²) in [6.45, 7) is 5.87. The number of hydrogen-bond acceptors (Lipinski definition) is 5. The summed E-state index contributed by atoms with van der Waals surface area (Å²) < 4.78 is 14.2. The zero-order valence-electron chi connectivity index (χ0n) is 14.3. The van der Waals surface area contributed by atoms with Crippen LogP contribution in [0, 0.1) is 5.82 Å². The number of nitrogens with zero attached hydrogens (tertiary/aromatic N) is 5. The van der Waals surface area contributed by atoms with Crippen LogP contribution in [-0.2, 0) is 0 Å². The Hall–Kier alpha value is -2.05. The minimum atomic E-state index is -0.260. The van der Waals surface area contributed by atoms with Crippen molar-refractivity contribution in [2.75, 3.05) is 58.3 Å². The van der Waals surface area contributed by atoms with Crippen LogP contribution >= 0.6 is 0 Å². The van der Waals surface area contributed by atoms with E-state index in [-0.39, 0.29) is 5.82 Å². The number of halogens is 1. The first-order valence-corrected chi connectivity index (χ1v) is 8.33. The molecule has 1 aromatic carbocycles. The van der Waals surface area contributed by atoms with Crippen LogP contribution in [0.25, 0.3) is 11.3 Å². The van der Waals surface area contributed by atoms with E-state index in [1.807, 2.05) is 6.07 Å². The quantitative estimate of drug-likeness (QED) is 0.838. The molecule has 1 saturated heterocycles. The number of rotatable bonds is 5. The van der Waals surface area contributed by atoms with Crippen LogP contribution in [0.5, 0.6) is 0 Å². The van der Waals surface area contributed by atoms with Crippen LogP contribution in [0.15, 0.2) is 36.7 Å². The van der Waals surface area contributed by atoms with Gasteiger partial charge in [0, 0.05) is 57.2 Å². The molecule has 24 heavy (non-hydrogen) atoms. The predicted molar refractivity (Wildman–Crippen MR) is 94.6 cm³/mol. The normalized spacial score (nSPS) is 15.9. The van der Waals surface area contributed by atoms with E-state index in [4.69, 9.17) is 0 Å². The Bertz CT molecular complexity index is 668. The smallest absolute Gasteiger partial charge is 0.155 e. The molecule has 1 aliphatic rings. The lowest BCUT2D eigenvalue weighted by Gasteiger charge is -2.36. The Morgan fingerprint density at radius 2 is 1.75 bits per heavy atom. The van der Waals surface area contributed by atoms with Crippen molar-refractivity contribution in [3.8, 4) is 11.3 Å². The molecule has 3 rings (SSSR count). The van der Waals surface area contributed by atoms with Crippen molar-refractivity contribution < 1.29 is 4.39 Å². The van der Waals surface area contributed by atoms with E-state index in [0.717, 1.165) is 45.1 Å². The largest absolute Gasteiger partial charge is 0.352 e. The molecule has 6 heteroatoms. The molecule has 1 fully saturated rings. The Morgan fingerprint density at radius 1 is 1.04 bits per heavy atom. The maximum absolute atomic E-state index is 14.2. The third kappa shape index (κ3) is 3.88. The average Bonchev–Trinajstić information content (AvgIpc) is 2.61. The van der Waals surface area contributed by atoms with E-state index in [0.29, 0.717) is 11.3 Å². The maximum atomic E-state index is 14.2. The molecule has 0 atom stereocenters. The topological polar surface area (TPSA) is 35.5 Å². The van der Waals surface area contributed by atoms with Crippen molar-refractivity contribution in [2.24, 2.45) is 0 Å². The zero-order chi connectivity index (χ0) is 16.9. The van der Waals surface area contributed by atoms with Gasteiger partial charge >= 0.3 is 0 Å². The van der Waals surface area contributed by atoms with E-state index in [9.17, 15) is 4.39 Å². The summed E-state index contributed by atoms with van der Waals surface area (Å²) in [5.74, 6) is 0.513. The van der Waals surface area contributed by atoms with Gasteiger partial charge in [-0.1, -0.05) is 12.1 Å². The maximum Gasteiger partial charge on any atom is 0.155 e. The number of hydrogen-bond donors (Lipinski definition) is 0. The van der Waals surface area contributed by atoms with E-state index in [1.165, 1.54) is 6.07 Å². The van der Waals surface area contributed by atoms with Crippen LogP contribution in [0.3, 0.4) is 0 Å². The van der Waals surface area contributed by atoms with Crippen LogP contribution in [0.4, 0.5) is 10.2 Å². The molecule has 0 amide bonds. The van der Waals surface area contributed by atoms with Crippen LogP contribution in [-0.4, -0.2) is 73.1 Å². The molecule has 0 N–H and O–H groups in total. The summed E-state index contributed by atoms with van der Waals surface area (Å²) in [6.07, 6.45) is 3.30. The van der Waals surface area contributed by atoms with Gasteiger partial charge in [0.1, 0.15) is 11.5 Å². The molecule has 2 aromatic rings. The van der Waals surface area contributed by atoms with Crippen molar-refractivity contribution in [1.29, 1.82) is 0 Å². The molecular weight excluding hydrogens is 305 g/mol. The van der Waals surface area contributed by atoms with Gasteiger partial charge in [-0.25, -0.2) is 9.37 Å². The number of anilines is 1. The molecule has 2 heterocycles. The molecule has 5 nitrogen and oxygen atoms in total. The molecule has 0 unspecified atom stereocenters. The fourth-order valence-electron chi connectivity index (χ4n) is 2.93. The van der Waals surface area contributed by atoms with Crippen molar-refractivity contribution in [3.05, 3.63) is 42.5 Å². The minimum Gasteiger partial charge on any atom is -0.352 e. The summed E-state index contributed by atoms with van der Waals surface area (Å²) in [4.78, 5) is 15.8. The first-order valence-electron chi connectivity index (χ1n) is 8.33. The Balaban J connectivity index is 1.74. The predicted octanol–water partition coefficient (Wildman–Crippen LogP) is 1.97. The standard InChI is InChI=1S/C18H24FN5/c1-22(2)9-10-23-11-13-24(14-12-23)18-17(20-7-8-21-18)15-5-3-4-6-16(15)19/h3-8H,9-14H2,1-2H3. The van der Waals surface area contributed by atoms with Gasteiger partial charge in [0.15, 0.2) is 5.82 Å². The summed E-state index contributed by atoms with van der Waals surface area (Å²) in [7, 11) is 4.19. The summed E-state index contributed by atoms with van der Waals surface area (Å²) in [5.41, 5.74) is 1.13. The van der Waals surface area contributed by atoms with Gasteiger partial charge in [-0.2, -0.15) is 0 Å². The Labute approximate surface area is 142 Å². The van der Waals surface area contributed by atoms with Crippen molar-refractivity contribution >= 4 is 5.82 Å². The van der Waals surface area contributed by atoms with Crippen LogP contribution < -0.4 is 4.90 Å². The molecule has 0 aliphatic carbocycles. The molecule has 0 saturated carbocycles. The SMILES string of the molecule is CN(C)CCN1CCN(c2nccnc2-c2ccccc2F)CC1. The fourth-order valence-corrected chi connectivity index (χ4v) is 2.93. The first-order chi connectivity index (χ1) is 11.6. The average molecular weight is 329 g/mol. The van der Waals surface area contributed by atoms with Gasteiger partial charge in [-0.3, -0.25) is 9.88 Å². The second-order valence-corrected chi connectivity index (χ2v) is 6.34. The molecule has 1 aliphatic heterocycles. The van der Waals surface area contributed by atoms with Gasteiger partial charge in [-0.15, -0.1) is 0 Å². The fraction of sp³-hybridized carbons (Fsp3) is 0.444. The van der Waals surface area contributed by atoms with Crippen LogP contribution in [0.2, 0.25) is 0 Å². The molecule has 0 bridgehead atoms. The van der Waals surface area contributed by atoms with Crippen molar-refractivity contribution in [3.63, 3.8) is 0 Å². The highest BCUT2D eigenvalue weighted by Crippen LogP contribution is 2.29. The lowest BCUT2D eigenvalue weighted by molar-refractivity contribution is 0.229. The molecule has 128 valence electrons. The number of benzene rings is 1. The highest BCUT2D eigenvalue weighted by atomic mass is 19.1. The first kappa shape index (κ1) is 16.8. The highest BCUT2D eigenvalue weighted by molar-refractivity contribution is 5.72. The minimum absolute atomic E-state index is 0.260. The second-order valence-electron chi connectivity index (χ2n) is 6.34. The van der Waals surface area contributed by atoms with E-state index in [2.05, 4.69) is 38.8 Å². The monoisotopic (exact) mass is 329 g/mol. The zero-order valence-corrected chi connectivity index (χ0v) is 14.3. The van der Waals surface area contributed by atoms with Crippen molar-refractivity contribution in [2.45, 2.75) is 0 Å². The van der Waals surface area contributed by atoms with Gasteiger partial charge < -0.3 is 9.80 Å². The summed E-state index contributed by atoms with van der Waals surface area (Å²) in [5, 5.41) is 0. The third-order valence-electron chi connectivity index (χ3n) is 4.34. The molecule has 0 spiro atoms. The molecule has 1 aromatic heterocycles. The second kappa shape index (κ2) is 7.68. The van der Waals surface area contributed by atoms with Gasteiger partial charge in [0.2, 0.25) is 0 Å².